The highest BCUT2D eigenvalue weighted by atomic mass is 32.1. The molecule has 0 saturated carbocycles. The highest BCUT2D eigenvalue weighted by Crippen LogP contribution is 2.25. The molecule has 4 heteroatoms. The molecule has 3 rings (SSSR count). The van der Waals surface area contributed by atoms with E-state index in [0.717, 1.165) is 16.3 Å². The first kappa shape index (κ1) is 13.8. The lowest BCUT2D eigenvalue weighted by atomic mass is 10.0. The van der Waals surface area contributed by atoms with Crippen molar-refractivity contribution in [2.75, 3.05) is 6.54 Å². The lowest BCUT2D eigenvalue weighted by Gasteiger charge is -2.06. The number of hydrogen-bond donors (Lipinski definition) is 2. The minimum absolute atomic E-state index is 0.197. The van der Waals surface area contributed by atoms with E-state index in [2.05, 4.69) is 4.99 Å². The SMILES string of the molecule is Oc1ccc2ccccc2c1C=NCC(O)c1ccsc1. The molecular formula is C17H15NO2S. The van der Waals surface area contributed by atoms with Crippen molar-refractivity contribution in [2.24, 2.45) is 4.99 Å². The van der Waals surface area contributed by atoms with Gasteiger partial charge in [-0.3, -0.25) is 4.99 Å². The summed E-state index contributed by atoms with van der Waals surface area (Å²) in [6.07, 6.45) is 1.03. The number of rotatable bonds is 4. The normalized spacial score (nSPS) is 13.0. The Morgan fingerprint density at radius 2 is 2.00 bits per heavy atom. The van der Waals surface area contributed by atoms with E-state index in [1.165, 1.54) is 0 Å². The Balaban J connectivity index is 1.84. The third-order valence-corrected chi connectivity index (χ3v) is 4.08. The van der Waals surface area contributed by atoms with E-state index in [-0.39, 0.29) is 12.3 Å². The van der Waals surface area contributed by atoms with Crippen LogP contribution in [0.4, 0.5) is 0 Å². The Morgan fingerprint density at radius 1 is 1.14 bits per heavy atom. The highest BCUT2D eigenvalue weighted by molar-refractivity contribution is 7.07. The van der Waals surface area contributed by atoms with Gasteiger partial charge >= 0.3 is 0 Å². The fourth-order valence-electron chi connectivity index (χ4n) is 2.23. The molecule has 0 aliphatic heterocycles. The lowest BCUT2D eigenvalue weighted by molar-refractivity contribution is 0.188. The molecule has 1 aromatic heterocycles. The minimum atomic E-state index is -0.607. The summed E-state index contributed by atoms with van der Waals surface area (Å²) in [5.74, 6) is 0.197. The zero-order valence-electron chi connectivity index (χ0n) is 11.3. The van der Waals surface area contributed by atoms with Crippen LogP contribution in [0.15, 0.2) is 58.2 Å². The number of aliphatic imine (C=N–C) groups is 1. The second-order valence-electron chi connectivity index (χ2n) is 4.79. The van der Waals surface area contributed by atoms with Gasteiger partial charge in [0, 0.05) is 11.8 Å². The van der Waals surface area contributed by atoms with E-state index < -0.39 is 6.10 Å². The molecule has 1 atom stereocenters. The van der Waals surface area contributed by atoms with Gasteiger partial charge in [-0.2, -0.15) is 11.3 Å². The average molecular weight is 297 g/mol. The second kappa shape index (κ2) is 6.08. The number of phenols is 1. The van der Waals surface area contributed by atoms with E-state index >= 15 is 0 Å². The third kappa shape index (κ3) is 2.96. The Kier molecular flexibility index (Phi) is 3.99. The van der Waals surface area contributed by atoms with Gasteiger partial charge in [0.15, 0.2) is 0 Å². The highest BCUT2D eigenvalue weighted by Gasteiger charge is 2.07. The molecule has 0 spiro atoms. The fraction of sp³-hybridized carbons (Fsp3) is 0.118. The molecule has 2 N–H and O–H groups in total. The Morgan fingerprint density at radius 3 is 2.81 bits per heavy atom. The van der Waals surface area contributed by atoms with E-state index in [0.29, 0.717) is 5.56 Å². The topological polar surface area (TPSA) is 52.8 Å². The number of aliphatic hydroxyl groups is 1. The fourth-order valence-corrected chi connectivity index (χ4v) is 2.94. The largest absolute Gasteiger partial charge is 0.507 e. The average Bonchev–Trinajstić information content (AvgIpc) is 3.04. The molecular weight excluding hydrogens is 282 g/mol. The molecule has 0 radical (unpaired) electrons. The lowest BCUT2D eigenvalue weighted by Crippen LogP contribution is -2.00. The molecule has 0 fully saturated rings. The Bertz CT molecular complexity index is 766. The quantitative estimate of drug-likeness (QED) is 0.720. The smallest absolute Gasteiger partial charge is 0.124 e. The first-order chi connectivity index (χ1) is 10.3. The van der Waals surface area contributed by atoms with Gasteiger partial charge in [0.1, 0.15) is 5.75 Å². The predicted molar refractivity (Wildman–Crippen MR) is 87.4 cm³/mol. The monoisotopic (exact) mass is 297 g/mol. The maximum atomic E-state index is 10.0. The van der Waals surface area contributed by atoms with Gasteiger partial charge in [-0.15, -0.1) is 0 Å². The van der Waals surface area contributed by atoms with Crippen molar-refractivity contribution in [2.45, 2.75) is 6.10 Å². The maximum Gasteiger partial charge on any atom is 0.124 e. The minimum Gasteiger partial charge on any atom is -0.507 e. The van der Waals surface area contributed by atoms with E-state index in [4.69, 9.17) is 0 Å². The summed E-state index contributed by atoms with van der Waals surface area (Å²) in [5.41, 5.74) is 1.56. The van der Waals surface area contributed by atoms with Gasteiger partial charge in [-0.25, -0.2) is 0 Å². The van der Waals surface area contributed by atoms with Crippen molar-refractivity contribution in [1.29, 1.82) is 0 Å². The van der Waals surface area contributed by atoms with Crippen LogP contribution in [0.3, 0.4) is 0 Å². The van der Waals surface area contributed by atoms with Gasteiger partial charge in [0.2, 0.25) is 0 Å². The molecule has 0 saturated heterocycles. The van der Waals surface area contributed by atoms with Crippen LogP contribution in [0.1, 0.15) is 17.2 Å². The molecule has 3 nitrogen and oxygen atoms in total. The maximum absolute atomic E-state index is 10.0. The van der Waals surface area contributed by atoms with Crippen molar-refractivity contribution >= 4 is 28.3 Å². The van der Waals surface area contributed by atoms with Crippen molar-refractivity contribution in [3.63, 3.8) is 0 Å². The van der Waals surface area contributed by atoms with Crippen molar-refractivity contribution < 1.29 is 10.2 Å². The molecule has 0 amide bonds. The first-order valence-corrected chi connectivity index (χ1v) is 7.60. The molecule has 3 aromatic rings. The van der Waals surface area contributed by atoms with Crippen molar-refractivity contribution in [3.8, 4) is 5.75 Å². The zero-order valence-corrected chi connectivity index (χ0v) is 12.1. The third-order valence-electron chi connectivity index (χ3n) is 3.37. The summed E-state index contributed by atoms with van der Waals surface area (Å²) in [4.78, 5) is 4.28. The van der Waals surface area contributed by atoms with Crippen LogP contribution in [0.5, 0.6) is 5.75 Å². The Hall–Kier alpha value is -2.17. The van der Waals surface area contributed by atoms with Gasteiger partial charge in [0.25, 0.3) is 0 Å². The number of fused-ring (bicyclic) bond motifs is 1. The summed E-state index contributed by atoms with van der Waals surface area (Å²) in [5, 5.41) is 25.8. The van der Waals surface area contributed by atoms with Gasteiger partial charge in [0.05, 0.1) is 12.6 Å². The second-order valence-corrected chi connectivity index (χ2v) is 5.57. The summed E-state index contributed by atoms with van der Waals surface area (Å²) in [6, 6.07) is 13.3. The summed E-state index contributed by atoms with van der Waals surface area (Å²) in [6.45, 7) is 0.277. The van der Waals surface area contributed by atoms with Crippen LogP contribution in [0, 0.1) is 0 Å². The van der Waals surface area contributed by atoms with Gasteiger partial charge in [-0.05, 0) is 39.2 Å². The van der Waals surface area contributed by atoms with Crippen LogP contribution < -0.4 is 0 Å². The number of nitrogens with zero attached hydrogens (tertiary/aromatic N) is 1. The van der Waals surface area contributed by atoms with Crippen LogP contribution in [-0.4, -0.2) is 23.0 Å². The zero-order chi connectivity index (χ0) is 14.7. The molecule has 1 heterocycles. The van der Waals surface area contributed by atoms with Crippen LogP contribution >= 0.6 is 11.3 Å². The van der Waals surface area contributed by atoms with Crippen molar-refractivity contribution in [1.82, 2.24) is 0 Å². The number of hydrogen-bond acceptors (Lipinski definition) is 4. The van der Waals surface area contributed by atoms with Crippen LogP contribution in [-0.2, 0) is 0 Å². The van der Waals surface area contributed by atoms with E-state index in [1.807, 2.05) is 47.2 Å². The van der Waals surface area contributed by atoms with E-state index in [1.54, 1.807) is 23.6 Å². The van der Waals surface area contributed by atoms with Gasteiger partial charge < -0.3 is 10.2 Å². The number of benzene rings is 2. The molecule has 21 heavy (non-hydrogen) atoms. The molecule has 106 valence electrons. The number of aromatic hydroxyl groups is 1. The number of thiophene rings is 1. The van der Waals surface area contributed by atoms with Crippen molar-refractivity contribution in [3.05, 3.63) is 64.4 Å². The van der Waals surface area contributed by atoms with Crippen LogP contribution in [0.2, 0.25) is 0 Å². The van der Waals surface area contributed by atoms with E-state index in [9.17, 15) is 10.2 Å². The molecule has 0 aliphatic rings. The molecule has 0 aliphatic carbocycles. The van der Waals surface area contributed by atoms with Gasteiger partial charge in [-0.1, -0.05) is 30.3 Å². The summed E-state index contributed by atoms with van der Waals surface area (Å²) < 4.78 is 0. The summed E-state index contributed by atoms with van der Waals surface area (Å²) in [7, 11) is 0. The molecule has 2 aromatic carbocycles. The predicted octanol–water partition coefficient (Wildman–Crippen LogP) is 3.76. The number of phenolic OH excluding ortho intramolecular Hbond substituents is 1. The summed E-state index contributed by atoms with van der Waals surface area (Å²) >= 11 is 1.55. The molecule has 0 bridgehead atoms. The first-order valence-electron chi connectivity index (χ1n) is 6.66. The molecule has 1 unspecified atom stereocenters. The number of aliphatic hydroxyl groups excluding tert-OH is 1. The van der Waals surface area contributed by atoms with Crippen LogP contribution in [0.25, 0.3) is 10.8 Å². The Labute approximate surface area is 126 Å². The standard InChI is InChI=1S/C17H15NO2S/c19-16-6-5-12-3-1-2-4-14(12)15(16)9-18-10-17(20)13-7-8-21-11-13/h1-9,11,17,19-20H,10H2.